The van der Waals surface area contributed by atoms with E-state index in [1.807, 2.05) is 25.1 Å². The maximum Gasteiger partial charge on any atom is 0.272 e. The average Bonchev–Trinajstić information content (AvgIpc) is 2.95. The monoisotopic (exact) mass is 453 g/mol. The molecular formula is C25H29F2N5O. The molecule has 1 amide bonds. The molecule has 4 rings (SSSR count). The van der Waals surface area contributed by atoms with Crippen LogP contribution in [0, 0.1) is 0 Å². The Morgan fingerprint density at radius 2 is 2.09 bits per heavy atom. The largest absolute Gasteiger partial charge is 0.370 e. The molecule has 1 aliphatic carbocycles. The number of aromatic nitrogens is 2. The second kappa shape index (κ2) is 8.84. The molecule has 0 bridgehead atoms. The van der Waals surface area contributed by atoms with E-state index in [1.54, 1.807) is 17.1 Å². The molecule has 2 aliphatic rings. The molecule has 2 N–H and O–H groups in total. The molecule has 0 saturated heterocycles. The second-order valence-electron chi connectivity index (χ2n) is 8.52. The van der Waals surface area contributed by atoms with Crippen LogP contribution in [-0.4, -0.2) is 46.3 Å². The summed E-state index contributed by atoms with van der Waals surface area (Å²) in [5.74, 6) is -2.58. The van der Waals surface area contributed by atoms with E-state index in [0.29, 0.717) is 36.7 Å². The van der Waals surface area contributed by atoms with E-state index in [4.69, 9.17) is 0 Å². The van der Waals surface area contributed by atoms with E-state index in [0.717, 1.165) is 35.9 Å². The number of amides is 1. The molecule has 1 aromatic heterocycles. The summed E-state index contributed by atoms with van der Waals surface area (Å²) in [7, 11) is 0. The fraction of sp³-hybridized carbons (Fsp3) is 0.360. The van der Waals surface area contributed by atoms with Crippen molar-refractivity contribution >= 4 is 28.6 Å². The number of halogens is 2. The van der Waals surface area contributed by atoms with Crippen molar-refractivity contribution < 1.29 is 13.6 Å². The lowest BCUT2D eigenvalue weighted by Gasteiger charge is -2.33. The maximum absolute atomic E-state index is 14.2. The molecule has 1 aromatic carbocycles. The van der Waals surface area contributed by atoms with Crippen LogP contribution in [0.2, 0.25) is 0 Å². The number of H-pyrrole nitrogens is 1. The number of imidazole rings is 1. The molecule has 174 valence electrons. The molecule has 0 radical (unpaired) electrons. The molecule has 0 unspecified atom stereocenters. The lowest BCUT2D eigenvalue weighted by Crippen LogP contribution is -2.41. The quantitative estimate of drug-likeness (QED) is 0.658. The smallest absolute Gasteiger partial charge is 0.272 e. The molecule has 8 heteroatoms. The van der Waals surface area contributed by atoms with Crippen LogP contribution in [0.3, 0.4) is 0 Å². The van der Waals surface area contributed by atoms with Gasteiger partial charge in [0, 0.05) is 55.6 Å². The van der Waals surface area contributed by atoms with E-state index in [2.05, 4.69) is 33.7 Å². The van der Waals surface area contributed by atoms with Gasteiger partial charge in [0.1, 0.15) is 0 Å². The van der Waals surface area contributed by atoms with Gasteiger partial charge >= 0.3 is 0 Å². The van der Waals surface area contributed by atoms with Crippen LogP contribution in [0.5, 0.6) is 0 Å². The topological polar surface area (TPSA) is 64.3 Å². The van der Waals surface area contributed by atoms with Gasteiger partial charge in [0.2, 0.25) is 11.9 Å². The number of likely N-dealkylation sites (N-methyl/N-ethyl adjacent to an activating group) is 1. The van der Waals surface area contributed by atoms with Gasteiger partial charge in [-0.25, -0.2) is 13.8 Å². The average molecular weight is 454 g/mol. The van der Waals surface area contributed by atoms with Gasteiger partial charge in [-0.2, -0.15) is 0 Å². The van der Waals surface area contributed by atoms with Crippen molar-refractivity contribution in [2.24, 2.45) is 0 Å². The van der Waals surface area contributed by atoms with E-state index < -0.39 is 5.92 Å². The van der Waals surface area contributed by atoms with Crippen LogP contribution in [0.4, 0.5) is 20.4 Å². The zero-order valence-electron chi connectivity index (χ0n) is 19.2. The molecule has 0 saturated carbocycles. The van der Waals surface area contributed by atoms with E-state index in [-0.39, 0.29) is 17.9 Å². The lowest BCUT2D eigenvalue weighted by molar-refractivity contribution is -0.128. The highest BCUT2D eigenvalue weighted by Gasteiger charge is 2.29. The summed E-state index contributed by atoms with van der Waals surface area (Å²) < 4.78 is 28.4. The third-order valence-electron chi connectivity index (χ3n) is 6.00. The van der Waals surface area contributed by atoms with Crippen molar-refractivity contribution in [1.82, 2.24) is 14.9 Å². The number of benzene rings is 1. The number of anilines is 2. The Labute approximate surface area is 192 Å². The van der Waals surface area contributed by atoms with Crippen molar-refractivity contribution in [2.75, 3.05) is 29.9 Å². The van der Waals surface area contributed by atoms with E-state index in [9.17, 15) is 13.6 Å². The van der Waals surface area contributed by atoms with Gasteiger partial charge in [-0.15, -0.1) is 0 Å². The first-order valence-electron chi connectivity index (χ1n) is 11.1. The van der Waals surface area contributed by atoms with Crippen LogP contribution in [0.1, 0.15) is 32.8 Å². The Balaban J connectivity index is 1.73. The number of hydrogen-bond acceptors (Lipinski definition) is 4. The molecule has 2 heterocycles. The number of carbonyl (C=O) groups is 1. The predicted molar refractivity (Wildman–Crippen MR) is 128 cm³/mol. The second-order valence-corrected chi connectivity index (χ2v) is 8.52. The number of nitrogens with one attached hydrogen (secondary N) is 2. The lowest BCUT2D eigenvalue weighted by atomic mass is 10.0. The van der Waals surface area contributed by atoms with Crippen molar-refractivity contribution in [3.05, 3.63) is 65.5 Å². The van der Waals surface area contributed by atoms with Gasteiger partial charge in [0.25, 0.3) is 5.92 Å². The highest BCUT2D eigenvalue weighted by Crippen LogP contribution is 2.32. The van der Waals surface area contributed by atoms with Crippen molar-refractivity contribution in [3.63, 3.8) is 0 Å². The molecule has 0 fully saturated rings. The van der Waals surface area contributed by atoms with Gasteiger partial charge < -0.3 is 20.1 Å². The molecule has 0 spiro atoms. The first-order valence-corrected chi connectivity index (χ1v) is 11.1. The zero-order chi connectivity index (χ0) is 23.8. The Kier molecular flexibility index (Phi) is 6.10. The summed E-state index contributed by atoms with van der Waals surface area (Å²) in [6, 6.07) is 3.90. The van der Waals surface area contributed by atoms with Crippen molar-refractivity contribution in [1.29, 1.82) is 0 Å². The van der Waals surface area contributed by atoms with Gasteiger partial charge in [-0.1, -0.05) is 30.9 Å². The van der Waals surface area contributed by atoms with Crippen LogP contribution in [0.15, 0.2) is 60.0 Å². The van der Waals surface area contributed by atoms with Gasteiger partial charge in [-0.3, -0.25) is 4.79 Å². The number of aromatic amines is 1. The number of fused-ring (bicyclic) bond motifs is 2. The van der Waals surface area contributed by atoms with Gasteiger partial charge in [-0.05, 0) is 31.5 Å². The minimum atomic E-state index is -2.98. The van der Waals surface area contributed by atoms with E-state index in [1.165, 1.54) is 6.08 Å². The van der Waals surface area contributed by atoms with Crippen LogP contribution < -0.4 is 10.2 Å². The summed E-state index contributed by atoms with van der Waals surface area (Å²) in [6.07, 6.45) is 7.22. The maximum atomic E-state index is 14.2. The van der Waals surface area contributed by atoms with Crippen molar-refractivity contribution in [2.45, 2.75) is 39.5 Å². The Morgan fingerprint density at radius 3 is 2.79 bits per heavy atom. The van der Waals surface area contributed by atoms with Crippen LogP contribution in [0.25, 0.3) is 11.0 Å². The Morgan fingerprint density at radius 1 is 1.30 bits per heavy atom. The minimum absolute atomic E-state index is 0.00808. The summed E-state index contributed by atoms with van der Waals surface area (Å²) in [4.78, 5) is 24.6. The molecular weight excluding hydrogens is 424 g/mol. The SMILES string of the molecule is C=C(C)N1CCN(CC)c2cc3nc(NC4=C(C(C)(F)F)C=CC=CC4)[nH]c3cc2CC1=O. The number of nitrogens with zero attached hydrogens (tertiary/aromatic N) is 3. The first-order chi connectivity index (χ1) is 15.7. The fourth-order valence-corrected chi connectivity index (χ4v) is 4.34. The predicted octanol–water partition coefficient (Wildman–Crippen LogP) is 5.14. The Bertz CT molecular complexity index is 1190. The van der Waals surface area contributed by atoms with Gasteiger partial charge in [0.05, 0.1) is 17.5 Å². The molecule has 0 atom stereocenters. The highest BCUT2D eigenvalue weighted by molar-refractivity contribution is 5.89. The van der Waals surface area contributed by atoms with Crippen LogP contribution >= 0.6 is 0 Å². The van der Waals surface area contributed by atoms with Crippen LogP contribution in [-0.2, 0) is 11.2 Å². The number of allylic oxidation sites excluding steroid dienone is 6. The third kappa shape index (κ3) is 4.69. The summed E-state index contributed by atoms with van der Waals surface area (Å²) in [5.41, 5.74) is 4.39. The summed E-state index contributed by atoms with van der Waals surface area (Å²) >= 11 is 0. The minimum Gasteiger partial charge on any atom is -0.370 e. The summed E-state index contributed by atoms with van der Waals surface area (Å²) in [5, 5.41) is 3.07. The fourth-order valence-electron chi connectivity index (χ4n) is 4.34. The molecule has 2 aromatic rings. The molecule has 33 heavy (non-hydrogen) atoms. The number of hydrogen-bond donors (Lipinski definition) is 2. The van der Waals surface area contributed by atoms with Gasteiger partial charge in [0.15, 0.2) is 0 Å². The third-order valence-corrected chi connectivity index (χ3v) is 6.00. The van der Waals surface area contributed by atoms with E-state index >= 15 is 0 Å². The number of alkyl halides is 2. The number of rotatable bonds is 5. The molecule has 1 aliphatic heterocycles. The molecule has 6 nitrogen and oxygen atoms in total. The standard InChI is InChI=1S/C25H29F2N5O/c1-5-31-11-12-32(16(2)3)23(33)14-17-13-20-21(15-22(17)31)30-24(29-20)28-19-10-8-6-7-9-18(19)25(4,26)27/h6-9,13,15H,2,5,10-12,14H2,1,3-4H3,(H2,28,29,30). The van der Waals surface area contributed by atoms with Crippen molar-refractivity contribution in [3.8, 4) is 0 Å². The number of carbonyl (C=O) groups excluding carboxylic acids is 1. The summed E-state index contributed by atoms with van der Waals surface area (Å²) in [6.45, 7) is 10.8. The highest BCUT2D eigenvalue weighted by atomic mass is 19.3. The normalized spacial score (nSPS) is 17.2. The first kappa shape index (κ1) is 22.8. The Hall–Kier alpha value is -3.42. The zero-order valence-corrected chi connectivity index (χ0v) is 19.2.